The van der Waals surface area contributed by atoms with Crippen molar-refractivity contribution in [3.63, 3.8) is 0 Å². The van der Waals surface area contributed by atoms with Crippen molar-refractivity contribution in [1.29, 1.82) is 0 Å². The van der Waals surface area contributed by atoms with E-state index in [-0.39, 0.29) is 31.1 Å². The Labute approximate surface area is 491 Å². The van der Waals surface area contributed by atoms with Gasteiger partial charge >= 0.3 is 17.9 Å². The predicted molar refractivity (Wildman–Crippen MR) is 344 cm³/mol. The minimum atomic E-state index is -0.796. The average Bonchev–Trinajstić information content (AvgIpc) is 3.45. The second-order valence-corrected chi connectivity index (χ2v) is 23.1. The molecule has 0 saturated carbocycles. The Kier molecular flexibility index (Phi) is 64.7. The van der Waals surface area contributed by atoms with E-state index in [2.05, 4.69) is 93.7 Å². The normalized spacial score (nSPS) is 12.5. The van der Waals surface area contributed by atoms with Crippen LogP contribution in [0.4, 0.5) is 0 Å². The van der Waals surface area contributed by atoms with E-state index in [4.69, 9.17) is 14.2 Å². The van der Waals surface area contributed by atoms with Crippen LogP contribution in [0.2, 0.25) is 0 Å². The Balaban J connectivity index is 4.24. The van der Waals surface area contributed by atoms with Gasteiger partial charge in [0.05, 0.1) is 0 Å². The fourth-order valence-corrected chi connectivity index (χ4v) is 10.1. The van der Waals surface area contributed by atoms with Gasteiger partial charge in [0.25, 0.3) is 0 Å². The standard InChI is InChI=1S/C73H130O6/c1-4-7-10-13-16-19-22-25-27-29-31-32-33-34-35-36-37-38-39-40-42-43-45-48-51-54-57-60-63-66-72(75)78-69-70(68-77-71(74)65-62-59-56-53-50-47-24-21-18-15-12-9-6-3)79-73(76)67-64-61-58-55-52-49-46-44-41-30-28-26-23-20-17-14-11-8-5-2/h8,11,17,20-21,24,26,28,41,44,49,52,70H,4-7,9-10,12-16,18-19,22-23,25,27,29-40,42-43,45-48,50-51,53-69H2,1-3H3/b11-8-,20-17-,24-21-,28-26-,44-41-,52-49-. The highest BCUT2D eigenvalue weighted by Crippen LogP contribution is 2.18. The van der Waals surface area contributed by atoms with E-state index in [1.807, 2.05) is 0 Å². The highest BCUT2D eigenvalue weighted by Gasteiger charge is 2.19. The van der Waals surface area contributed by atoms with Crippen molar-refractivity contribution in [2.45, 2.75) is 361 Å². The summed E-state index contributed by atoms with van der Waals surface area (Å²) in [5.74, 6) is -0.913. The summed E-state index contributed by atoms with van der Waals surface area (Å²) in [5.41, 5.74) is 0. The fraction of sp³-hybridized carbons (Fsp3) is 0.795. The summed E-state index contributed by atoms with van der Waals surface area (Å²) in [6.07, 6.45) is 88.0. The second kappa shape index (κ2) is 67.4. The van der Waals surface area contributed by atoms with Gasteiger partial charge in [0.2, 0.25) is 0 Å². The third kappa shape index (κ3) is 65.5. The molecule has 0 saturated heterocycles. The summed E-state index contributed by atoms with van der Waals surface area (Å²) in [4.78, 5) is 38.3. The first-order valence-corrected chi connectivity index (χ1v) is 34.4. The number of hydrogen-bond donors (Lipinski definition) is 0. The third-order valence-corrected chi connectivity index (χ3v) is 15.2. The largest absolute Gasteiger partial charge is 0.462 e. The predicted octanol–water partition coefficient (Wildman–Crippen LogP) is 23.7. The number of allylic oxidation sites excluding steroid dienone is 12. The molecule has 6 nitrogen and oxygen atoms in total. The van der Waals surface area contributed by atoms with E-state index in [1.165, 1.54) is 212 Å². The molecule has 0 aliphatic rings. The van der Waals surface area contributed by atoms with Gasteiger partial charge in [-0.3, -0.25) is 14.4 Å². The van der Waals surface area contributed by atoms with Crippen LogP contribution in [0, 0.1) is 0 Å². The highest BCUT2D eigenvalue weighted by atomic mass is 16.6. The van der Waals surface area contributed by atoms with Gasteiger partial charge in [0.1, 0.15) is 13.2 Å². The van der Waals surface area contributed by atoms with Crippen LogP contribution >= 0.6 is 0 Å². The number of unbranched alkanes of at least 4 members (excludes halogenated alkanes) is 40. The smallest absolute Gasteiger partial charge is 0.306 e. The molecule has 1 atom stereocenters. The van der Waals surface area contributed by atoms with Crippen LogP contribution in [0.3, 0.4) is 0 Å². The zero-order chi connectivity index (χ0) is 57.1. The molecule has 458 valence electrons. The van der Waals surface area contributed by atoms with E-state index < -0.39 is 6.10 Å². The van der Waals surface area contributed by atoms with Crippen molar-refractivity contribution >= 4 is 17.9 Å². The third-order valence-electron chi connectivity index (χ3n) is 15.2. The molecule has 0 heterocycles. The topological polar surface area (TPSA) is 78.9 Å². The number of carbonyl (C=O) groups is 3. The molecule has 0 aromatic heterocycles. The molecule has 0 spiro atoms. The highest BCUT2D eigenvalue weighted by molar-refractivity contribution is 5.71. The molecule has 0 aromatic rings. The SMILES string of the molecule is CC/C=C\C/C=C\C/C=C\C/C=C\C/C=C\CCCCCC(=O)OC(COC(=O)CCCCCCC/C=C\CCCCCC)COC(=O)CCCCCCCCCCCCCCCCCCCCCCCCCCCCCCC. The number of rotatable bonds is 63. The maximum absolute atomic E-state index is 12.9. The van der Waals surface area contributed by atoms with Gasteiger partial charge in [-0.05, 0) is 89.9 Å². The van der Waals surface area contributed by atoms with Crippen LogP contribution in [0.15, 0.2) is 72.9 Å². The van der Waals surface area contributed by atoms with Crippen molar-refractivity contribution < 1.29 is 28.6 Å². The lowest BCUT2D eigenvalue weighted by molar-refractivity contribution is -0.167. The lowest BCUT2D eigenvalue weighted by Crippen LogP contribution is -2.30. The first-order valence-electron chi connectivity index (χ1n) is 34.4. The van der Waals surface area contributed by atoms with E-state index in [0.29, 0.717) is 19.3 Å². The van der Waals surface area contributed by atoms with Gasteiger partial charge in [-0.25, -0.2) is 0 Å². The number of esters is 3. The van der Waals surface area contributed by atoms with Gasteiger partial charge in [0, 0.05) is 19.3 Å². The molecular weight excluding hydrogens is 973 g/mol. The van der Waals surface area contributed by atoms with Crippen LogP contribution in [-0.2, 0) is 28.6 Å². The number of carbonyl (C=O) groups excluding carboxylic acids is 3. The first kappa shape index (κ1) is 75.8. The minimum Gasteiger partial charge on any atom is -0.462 e. The first-order chi connectivity index (χ1) is 39.0. The maximum atomic E-state index is 12.9. The van der Waals surface area contributed by atoms with Gasteiger partial charge in [-0.15, -0.1) is 0 Å². The lowest BCUT2D eigenvalue weighted by atomic mass is 10.0. The summed E-state index contributed by atoms with van der Waals surface area (Å²) < 4.78 is 16.9. The molecule has 0 fully saturated rings. The van der Waals surface area contributed by atoms with Gasteiger partial charge in [0.15, 0.2) is 6.10 Å². The van der Waals surface area contributed by atoms with Crippen molar-refractivity contribution in [3.05, 3.63) is 72.9 Å². The van der Waals surface area contributed by atoms with Crippen LogP contribution < -0.4 is 0 Å². The zero-order valence-corrected chi connectivity index (χ0v) is 52.6. The lowest BCUT2D eigenvalue weighted by Gasteiger charge is -2.18. The average molecular weight is 1100 g/mol. The van der Waals surface area contributed by atoms with Crippen LogP contribution in [0.25, 0.3) is 0 Å². The Morgan fingerprint density at radius 2 is 0.494 bits per heavy atom. The van der Waals surface area contributed by atoms with E-state index in [0.717, 1.165) is 103 Å². The molecule has 6 heteroatoms. The number of hydrogen-bond acceptors (Lipinski definition) is 6. The Morgan fingerprint density at radius 1 is 0.266 bits per heavy atom. The van der Waals surface area contributed by atoms with Crippen molar-refractivity contribution in [3.8, 4) is 0 Å². The molecular formula is C73H130O6. The molecule has 0 N–H and O–H groups in total. The summed E-state index contributed by atoms with van der Waals surface area (Å²) in [6.45, 7) is 6.53. The molecule has 0 aliphatic heterocycles. The molecule has 0 aliphatic carbocycles. The van der Waals surface area contributed by atoms with E-state index in [1.54, 1.807) is 0 Å². The molecule has 0 rings (SSSR count). The quantitative estimate of drug-likeness (QED) is 0.0261. The van der Waals surface area contributed by atoms with Crippen LogP contribution in [0.5, 0.6) is 0 Å². The molecule has 1 unspecified atom stereocenters. The van der Waals surface area contributed by atoms with E-state index in [9.17, 15) is 14.4 Å². The molecule has 0 radical (unpaired) electrons. The van der Waals surface area contributed by atoms with E-state index >= 15 is 0 Å². The van der Waals surface area contributed by atoms with Crippen molar-refractivity contribution in [2.75, 3.05) is 13.2 Å². The Bertz CT molecular complexity index is 1450. The maximum Gasteiger partial charge on any atom is 0.306 e. The zero-order valence-electron chi connectivity index (χ0n) is 52.6. The van der Waals surface area contributed by atoms with Gasteiger partial charge < -0.3 is 14.2 Å². The summed E-state index contributed by atoms with van der Waals surface area (Å²) in [7, 11) is 0. The summed E-state index contributed by atoms with van der Waals surface area (Å²) in [6, 6.07) is 0. The van der Waals surface area contributed by atoms with Crippen LogP contribution in [-0.4, -0.2) is 37.2 Å². The van der Waals surface area contributed by atoms with Gasteiger partial charge in [-0.2, -0.15) is 0 Å². The van der Waals surface area contributed by atoms with Crippen LogP contribution in [0.1, 0.15) is 355 Å². The molecule has 0 amide bonds. The summed E-state index contributed by atoms with van der Waals surface area (Å²) in [5, 5.41) is 0. The second-order valence-electron chi connectivity index (χ2n) is 23.1. The molecule has 0 aromatic carbocycles. The summed E-state index contributed by atoms with van der Waals surface area (Å²) >= 11 is 0. The van der Waals surface area contributed by atoms with Crippen molar-refractivity contribution in [2.24, 2.45) is 0 Å². The van der Waals surface area contributed by atoms with Gasteiger partial charge in [-0.1, -0.05) is 318 Å². The number of ether oxygens (including phenoxy) is 3. The Morgan fingerprint density at radius 3 is 0.810 bits per heavy atom. The molecule has 79 heavy (non-hydrogen) atoms. The minimum absolute atomic E-state index is 0.0886. The Hall–Kier alpha value is -3.15. The van der Waals surface area contributed by atoms with Crippen molar-refractivity contribution in [1.82, 2.24) is 0 Å². The monoisotopic (exact) mass is 1100 g/mol. The fourth-order valence-electron chi connectivity index (χ4n) is 10.1. The molecule has 0 bridgehead atoms.